The largest absolute Gasteiger partial charge is 0.388 e. The number of carbonyl (C=O) groups excluding carboxylic acids is 4. The molecule has 294 valence electrons. The van der Waals surface area contributed by atoms with E-state index in [2.05, 4.69) is 49.0 Å². The molecule has 0 atom stereocenters. The molecule has 4 amide bonds. The Hall–Kier alpha value is -5.40. The molecule has 0 saturated heterocycles. The number of carbonyl (C=O) groups is 4. The number of hydrogen-bond donors (Lipinski definition) is 8. The van der Waals surface area contributed by atoms with Crippen molar-refractivity contribution in [2.45, 2.75) is 106 Å². The van der Waals surface area contributed by atoms with E-state index in [1.54, 1.807) is 50.5 Å². The number of nitrogens with two attached hydrogens (primary N) is 2. The predicted octanol–water partition coefficient (Wildman–Crippen LogP) is 6.18. The van der Waals surface area contributed by atoms with Gasteiger partial charge < -0.3 is 41.9 Å². The average molecular weight is 745 g/mol. The van der Waals surface area contributed by atoms with Gasteiger partial charge in [-0.25, -0.2) is 0 Å². The fourth-order valence-electron chi connectivity index (χ4n) is 5.87. The number of anilines is 2. The van der Waals surface area contributed by atoms with Gasteiger partial charge in [-0.1, -0.05) is 27.7 Å². The monoisotopic (exact) mass is 744 g/mol. The highest BCUT2D eigenvalue weighted by Crippen LogP contribution is 2.23. The lowest BCUT2D eigenvalue weighted by molar-refractivity contribution is 0.0935. The normalized spacial score (nSPS) is 11.1. The summed E-state index contributed by atoms with van der Waals surface area (Å²) in [4.78, 5) is 53.4. The molecular formula is C40H60N10O4. The number of rotatable bonds is 22. The molecule has 0 bridgehead atoms. The molecule has 10 N–H and O–H groups in total. The maximum absolute atomic E-state index is 13.6. The van der Waals surface area contributed by atoms with Crippen molar-refractivity contribution in [2.75, 3.05) is 23.7 Å². The topological polar surface area (TPSA) is 226 Å². The number of aryl methyl sites for hydroxylation is 4. The summed E-state index contributed by atoms with van der Waals surface area (Å²) in [6.07, 6.45) is 9.03. The lowest BCUT2D eigenvalue weighted by atomic mass is 9.98. The maximum atomic E-state index is 13.6. The highest BCUT2D eigenvalue weighted by molar-refractivity contribution is 6.09. The first-order chi connectivity index (χ1) is 25.5. The Bertz CT molecular complexity index is 1670. The van der Waals surface area contributed by atoms with Crippen molar-refractivity contribution in [3.05, 3.63) is 70.3 Å². The Morgan fingerprint density at radius 1 is 0.611 bits per heavy atom. The van der Waals surface area contributed by atoms with Crippen LogP contribution in [0, 0.1) is 36.5 Å². The smallest absolute Gasteiger partial charge is 0.267 e. The molecule has 1 aromatic carbocycles. The Morgan fingerprint density at radius 2 is 0.981 bits per heavy atom. The van der Waals surface area contributed by atoms with Crippen LogP contribution in [0.4, 0.5) is 11.4 Å². The van der Waals surface area contributed by atoms with Gasteiger partial charge in [-0.3, -0.25) is 30.0 Å². The molecule has 54 heavy (non-hydrogen) atoms. The molecular weight excluding hydrogens is 685 g/mol. The van der Waals surface area contributed by atoms with Gasteiger partial charge in [0.1, 0.15) is 11.4 Å². The van der Waals surface area contributed by atoms with Crippen LogP contribution in [0.25, 0.3) is 0 Å². The van der Waals surface area contributed by atoms with Crippen LogP contribution in [-0.4, -0.2) is 57.5 Å². The molecule has 0 radical (unpaired) electrons. The Morgan fingerprint density at radius 3 is 1.31 bits per heavy atom. The molecule has 0 saturated carbocycles. The third-order valence-electron chi connectivity index (χ3n) is 9.05. The SMILES string of the molecule is Cc1cc(C(=O)Nc2cc(C(=O)NCCCCC(=N)N)n(CCC(C)C)c2)c(C)cc1C(=O)Nc1cc(C(=O)NCCCCC(=N)N)n(CCC(C)C)c1. The van der Waals surface area contributed by atoms with Gasteiger partial charge in [0.2, 0.25) is 0 Å². The van der Waals surface area contributed by atoms with E-state index in [4.69, 9.17) is 22.3 Å². The summed E-state index contributed by atoms with van der Waals surface area (Å²) in [5.74, 6) is -0.119. The fraction of sp³-hybridized carbons (Fsp3) is 0.500. The van der Waals surface area contributed by atoms with Crippen LogP contribution in [0.5, 0.6) is 0 Å². The number of nitrogens with one attached hydrogen (secondary N) is 6. The third-order valence-corrected chi connectivity index (χ3v) is 9.05. The van der Waals surface area contributed by atoms with Gasteiger partial charge in [-0.15, -0.1) is 0 Å². The molecule has 3 aromatic rings. The summed E-state index contributed by atoms with van der Waals surface area (Å²) < 4.78 is 3.71. The molecule has 14 nitrogen and oxygen atoms in total. The summed E-state index contributed by atoms with van der Waals surface area (Å²) in [6, 6.07) is 6.71. The highest BCUT2D eigenvalue weighted by atomic mass is 16.2. The van der Waals surface area contributed by atoms with Crippen LogP contribution >= 0.6 is 0 Å². The van der Waals surface area contributed by atoms with E-state index in [1.165, 1.54) is 0 Å². The minimum Gasteiger partial charge on any atom is -0.388 e. The molecule has 0 aliphatic carbocycles. The summed E-state index contributed by atoms with van der Waals surface area (Å²) in [7, 11) is 0. The lowest BCUT2D eigenvalue weighted by Gasteiger charge is -2.12. The average Bonchev–Trinajstić information content (AvgIpc) is 3.69. The molecule has 3 rings (SSSR count). The van der Waals surface area contributed by atoms with Crippen molar-refractivity contribution in [3.8, 4) is 0 Å². The van der Waals surface area contributed by atoms with E-state index in [0.717, 1.165) is 12.8 Å². The fourth-order valence-corrected chi connectivity index (χ4v) is 5.87. The van der Waals surface area contributed by atoms with Crippen molar-refractivity contribution >= 4 is 46.7 Å². The molecule has 2 heterocycles. The van der Waals surface area contributed by atoms with E-state index < -0.39 is 0 Å². The van der Waals surface area contributed by atoms with Gasteiger partial charge in [-0.2, -0.15) is 0 Å². The van der Waals surface area contributed by atoms with E-state index >= 15 is 0 Å². The van der Waals surface area contributed by atoms with Crippen molar-refractivity contribution < 1.29 is 19.2 Å². The standard InChI is InChI=1S/C40H60N10O4/c1-25(2)13-17-49-23-29(21-33(49)39(53)45-15-9-7-11-35(41)42)47-37(51)31-19-28(6)32(20-27(31)5)38(52)48-30-22-34(50(24-30)18-14-26(3)4)40(54)46-16-10-8-12-36(43)44/h19-26H,7-18H2,1-6H3,(H3,41,42)(H3,43,44)(H,45,53)(H,46,54)(H,47,51)(H,48,52). The molecule has 0 unspecified atom stereocenters. The minimum atomic E-state index is -0.362. The number of aromatic nitrogens is 2. The van der Waals surface area contributed by atoms with Crippen LogP contribution < -0.4 is 32.7 Å². The van der Waals surface area contributed by atoms with Crippen LogP contribution in [-0.2, 0) is 13.1 Å². The Balaban J connectivity index is 1.74. The quantitative estimate of drug-likeness (QED) is 0.0340. The number of benzene rings is 1. The molecule has 14 heteroatoms. The minimum absolute atomic E-state index is 0.128. The predicted molar refractivity (Wildman–Crippen MR) is 216 cm³/mol. The first-order valence-electron chi connectivity index (χ1n) is 18.9. The second kappa shape index (κ2) is 20.7. The van der Waals surface area contributed by atoms with E-state index in [0.29, 0.717) is 122 Å². The van der Waals surface area contributed by atoms with Gasteiger partial charge >= 0.3 is 0 Å². The van der Waals surface area contributed by atoms with E-state index in [9.17, 15) is 19.2 Å². The van der Waals surface area contributed by atoms with Gasteiger partial charge in [0.15, 0.2) is 0 Å². The number of nitrogens with zero attached hydrogens (tertiary/aromatic N) is 2. The van der Waals surface area contributed by atoms with Crippen LogP contribution in [0.15, 0.2) is 36.7 Å². The summed E-state index contributed by atoms with van der Waals surface area (Å²) >= 11 is 0. The Labute approximate surface area is 319 Å². The first kappa shape index (κ1) is 43.0. The third kappa shape index (κ3) is 13.5. The number of amides is 4. The van der Waals surface area contributed by atoms with Gasteiger partial charge in [0.05, 0.1) is 23.0 Å². The molecule has 0 fully saturated rings. The summed E-state index contributed by atoms with van der Waals surface area (Å²) in [6.45, 7) is 14.1. The number of unbranched alkanes of at least 4 members (excludes halogenated alkanes) is 2. The zero-order valence-corrected chi connectivity index (χ0v) is 32.8. The Kier molecular flexibility index (Phi) is 16.5. The van der Waals surface area contributed by atoms with Gasteiger partial charge in [0, 0.05) is 62.5 Å². The van der Waals surface area contributed by atoms with E-state index in [1.807, 2.05) is 9.13 Å². The molecule has 0 aliphatic rings. The van der Waals surface area contributed by atoms with Gasteiger partial charge in [-0.05, 0) is 99.6 Å². The summed E-state index contributed by atoms with van der Waals surface area (Å²) in [5.41, 5.74) is 14.7. The maximum Gasteiger partial charge on any atom is 0.267 e. The van der Waals surface area contributed by atoms with Crippen LogP contribution in [0.2, 0.25) is 0 Å². The number of hydrogen-bond acceptors (Lipinski definition) is 6. The van der Waals surface area contributed by atoms with Crippen molar-refractivity contribution in [1.82, 2.24) is 19.8 Å². The number of amidine groups is 2. The highest BCUT2D eigenvalue weighted by Gasteiger charge is 2.21. The lowest BCUT2D eigenvalue weighted by Crippen LogP contribution is -2.27. The van der Waals surface area contributed by atoms with Crippen LogP contribution in [0.1, 0.15) is 132 Å². The molecule has 0 spiro atoms. The molecule has 2 aromatic heterocycles. The second-order valence-corrected chi connectivity index (χ2v) is 14.8. The van der Waals surface area contributed by atoms with Gasteiger partial charge in [0.25, 0.3) is 23.6 Å². The van der Waals surface area contributed by atoms with E-state index in [-0.39, 0.29) is 35.3 Å². The second-order valence-electron chi connectivity index (χ2n) is 14.8. The zero-order chi connectivity index (χ0) is 39.9. The molecule has 0 aliphatic heterocycles. The van der Waals surface area contributed by atoms with Crippen molar-refractivity contribution in [3.63, 3.8) is 0 Å². The zero-order valence-electron chi connectivity index (χ0n) is 32.8. The van der Waals surface area contributed by atoms with Crippen LogP contribution in [0.3, 0.4) is 0 Å². The van der Waals surface area contributed by atoms with Crippen molar-refractivity contribution in [2.24, 2.45) is 23.3 Å². The first-order valence-corrected chi connectivity index (χ1v) is 18.9. The van der Waals surface area contributed by atoms with Crippen molar-refractivity contribution in [1.29, 1.82) is 10.8 Å². The summed E-state index contributed by atoms with van der Waals surface area (Å²) in [5, 5.41) is 26.5.